The molecule has 522 valence electrons. The van der Waals surface area contributed by atoms with E-state index in [0.717, 1.165) is 34.1 Å². The number of rotatable bonds is 14. The summed E-state index contributed by atoms with van der Waals surface area (Å²) in [5, 5.41) is 5.02. The zero-order valence-electron chi connectivity index (χ0n) is 61.1. The van der Waals surface area contributed by atoms with Crippen molar-refractivity contribution in [2.24, 2.45) is 0 Å². The van der Waals surface area contributed by atoms with Crippen molar-refractivity contribution in [3.05, 3.63) is 466 Å². The van der Waals surface area contributed by atoms with Crippen LogP contribution in [0, 0.1) is 0 Å². The number of aromatic nitrogens is 1. The van der Waals surface area contributed by atoms with Crippen molar-refractivity contribution in [1.29, 1.82) is 0 Å². The van der Waals surface area contributed by atoms with Crippen LogP contribution in [0.1, 0.15) is 22.6 Å². The highest BCUT2D eigenvalue weighted by molar-refractivity contribution is 6.11. The van der Waals surface area contributed by atoms with Crippen molar-refractivity contribution in [3.63, 3.8) is 0 Å². The highest BCUT2D eigenvalue weighted by Gasteiger charge is 2.48. The van der Waals surface area contributed by atoms with Gasteiger partial charge in [-0.1, -0.05) is 285 Å². The molecule has 1 unspecified atom stereocenters. The molecule has 1 aliphatic heterocycles. The molecule has 2 aliphatic rings. The Kier molecular flexibility index (Phi) is 16.9. The van der Waals surface area contributed by atoms with Crippen LogP contribution < -0.4 is 14.3 Å². The lowest BCUT2D eigenvalue weighted by Crippen LogP contribution is -2.30. The molecule has 0 radical (unpaired) electrons. The van der Waals surface area contributed by atoms with Crippen LogP contribution in [0.4, 0.5) is 56.9 Å². The summed E-state index contributed by atoms with van der Waals surface area (Å²) in [5.74, 6) is 0.171. The Morgan fingerprint density at radius 2 is 0.622 bits per heavy atom. The van der Waals surface area contributed by atoms with Gasteiger partial charge in [-0.3, -0.25) is 0 Å². The van der Waals surface area contributed by atoms with E-state index in [1.165, 1.54) is 144 Å². The smallest absolute Gasteiger partial charge is 0.156 e. The fraction of sp³-hybridized carbons (Fsp3) is 0.00935. The van der Waals surface area contributed by atoms with Gasteiger partial charge in [0.15, 0.2) is 11.4 Å². The maximum atomic E-state index is 2.42. The van der Waals surface area contributed by atoms with Gasteiger partial charge in [-0.05, 0) is 210 Å². The molecule has 0 saturated heterocycles. The monoisotopic (exact) mass is 1420 g/mol. The van der Waals surface area contributed by atoms with Crippen LogP contribution in [0.25, 0.3) is 105 Å². The number of fused-ring (bicyclic) bond motifs is 10. The van der Waals surface area contributed by atoms with Crippen LogP contribution in [0.3, 0.4) is 0 Å². The minimum atomic E-state index is 0.171. The molecule has 18 aromatic carbocycles. The average Bonchev–Trinajstić information content (AvgIpc) is 1.53. The van der Waals surface area contributed by atoms with Gasteiger partial charge in [-0.15, -0.1) is 0 Å². The van der Waals surface area contributed by atoms with E-state index in [-0.39, 0.29) is 5.92 Å². The van der Waals surface area contributed by atoms with Crippen LogP contribution in [0.15, 0.2) is 449 Å². The highest BCUT2D eigenvalue weighted by atomic mass is 15.4. The third-order valence-corrected chi connectivity index (χ3v) is 22.6. The van der Waals surface area contributed by atoms with Gasteiger partial charge >= 0.3 is 0 Å². The summed E-state index contributed by atoms with van der Waals surface area (Å²) >= 11 is 0. The molecule has 1 aliphatic carbocycles. The van der Waals surface area contributed by atoms with Crippen molar-refractivity contribution >= 4 is 89.5 Å². The van der Waals surface area contributed by atoms with Crippen molar-refractivity contribution in [1.82, 2.24) is 9.05 Å². The Bertz CT molecular complexity index is 6540. The largest absolute Gasteiger partial charge is 0.311 e. The van der Waals surface area contributed by atoms with E-state index < -0.39 is 0 Å². The van der Waals surface area contributed by atoms with Crippen molar-refractivity contribution in [2.75, 3.05) is 9.80 Å². The summed E-state index contributed by atoms with van der Waals surface area (Å²) in [5.41, 5.74) is 34.0. The Morgan fingerprint density at radius 3 is 1.25 bits per heavy atom. The molecular weight excluding hydrogens is 1340 g/mol. The summed E-state index contributed by atoms with van der Waals surface area (Å²) in [7, 11) is 0. The molecular formula is C107H75N4+. The quantitative estimate of drug-likeness (QED) is 0.101. The Hall–Kier alpha value is -14.4. The van der Waals surface area contributed by atoms with Crippen LogP contribution in [-0.2, 0) is 0 Å². The van der Waals surface area contributed by atoms with Crippen molar-refractivity contribution in [3.8, 4) is 72.4 Å². The molecule has 111 heavy (non-hydrogen) atoms. The van der Waals surface area contributed by atoms with Crippen LogP contribution in [-0.4, -0.2) is 4.57 Å². The van der Waals surface area contributed by atoms with E-state index in [9.17, 15) is 0 Å². The second kappa shape index (κ2) is 28.4. The molecule has 2 heterocycles. The molecule has 1 aromatic heterocycles. The molecule has 0 fully saturated rings. The van der Waals surface area contributed by atoms with E-state index in [2.05, 4.69) is 463 Å². The lowest BCUT2D eigenvalue weighted by Gasteiger charge is -2.34. The SMILES string of the molecule is c1ccc(-c2ccc(N(c3ccc(-c4ccc5c(c4)c4ccccc4n5-c4ccccc4)cc3)c3ccc4c(c3)C(c3ccccc3)c3ccccc3-4)cc2)cc1.c1ccc(N(c2ccc(-c3ccc4c(c3)-c3ccccc3[N+]4(c3ccccc3)c3ccccc3)cc2)c2ccc(-c3ccc4ccccc4c3)cc2)cc1. The lowest BCUT2D eigenvalue weighted by atomic mass is 9.89. The first kappa shape index (κ1) is 66.0. The van der Waals surface area contributed by atoms with E-state index in [1.54, 1.807) is 0 Å². The molecule has 0 N–H and O–H groups in total. The summed E-state index contributed by atoms with van der Waals surface area (Å²) in [6.45, 7) is 0. The Labute approximate surface area is 648 Å². The van der Waals surface area contributed by atoms with Crippen molar-refractivity contribution < 1.29 is 0 Å². The molecule has 0 bridgehead atoms. The fourth-order valence-electron chi connectivity index (χ4n) is 17.4. The second-order valence-corrected chi connectivity index (χ2v) is 28.8. The van der Waals surface area contributed by atoms with Gasteiger partial charge in [0.25, 0.3) is 0 Å². The Balaban J connectivity index is 0.000000145. The number of quaternary nitrogens is 1. The van der Waals surface area contributed by atoms with Gasteiger partial charge in [0, 0.05) is 92.9 Å². The molecule has 0 spiro atoms. The summed E-state index contributed by atoms with van der Waals surface area (Å²) in [4.78, 5) is 4.74. The number of hydrogen-bond donors (Lipinski definition) is 0. The third-order valence-electron chi connectivity index (χ3n) is 22.6. The minimum absolute atomic E-state index is 0.171. The summed E-state index contributed by atoms with van der Waals surface area (Å²) in [6.07, 6.45) is 0. The first-order chi connectivity index (χ1) is 55.1. The van der Waals surface area contributed by atoms with Crippen molar-refractivity contribution in [2.45, 2.75) is 5.92 Å². The predicted molar refractivity (Wildman–Crippen MR) is 468 cm³/mol. The van der Waals surface area contributed by atoms with Gasteiger partial charge in [0.1, 0.15) is 11.4 Å². The number of benzene rings is 18. The summed E-state index contributed by atoms with van der Waals surface area (Å²) in [6, 6.07) is 163. The van der Waals surface area contributed by atoms with Gasteiger partial charge in [-0.2, -0.15) is 4.48 Å². The Morgan fingerprint density at radius 1 is 0.216 bits per heavy atom. The minimum Gasteiger partial charge on any atom is -0.311 e. The average molecular weight is 1420 g/mol. The zero-order chi connectivity index (χ0) is 73.6. The van der Waals surface area contributed by atoms with Gasteiger partial charge < -0.3 is 14.4 Å². The number of nitrogens with zero attached hydrogens (tertiary/aromatic N) is 4. The maximum Gasteiger partial charge on any atom is 0.156 e. The number of anilines is 6. The van der Waals surface area contributed by atoms with E-state index in [0.29, 0.717) is 4.48 Å². The predicted octanol–water partition coefficient (Wildman–Crippen LogP) is 29.7. The number of para-hydroxylation sites is 6. The van der Waals surface area contributed by atoms with Gasteiger partial charge in [0.2, 0.25) is 0 Å². The highest BCUT2D eigenvalue weighted by Crippen LogP contribution is 2.63. The van der Waals surface area contributed by atoms with E-state index in [1.807, 2.05) is 0 Å². The third kappa shape index (κ3) is 11.9. The first-order valence-corrected chi connectivity index (χ1v) is 38.3. The molecule has 1 atom stereocenters. The van der Waals surface area contributed by atoms with Gasteiger partial charge in [0.05, 0.1) is 22.2 Å². The maximum absolute atomic E-state index is 2.42. The topological polar surface area (TPSA) is 11.4 Å². The summed E-state index contributed by atoms with van der Waals surface area (Å²) < 4.78 is 2.92. The standard InChI is InChI=1S/C55H38N2.C52H37N2/c1-4-14-38(15-5-1)39-24-29-44(30-25-39)56(46-33-34-48-47-20-10-11-22-50(47)55(52(48)37-46)41-16-6-2-7-17-41)45-31-26-40(27-32-45)42-28-35-54-51(36-42)49-21-12-13-23-53(49)57(54)43-18-8-3-9-19-43;1-4-16-44(17-5-1)53(45-31-26-39(27-32-45)42-25-24-38-14-10-11-15-41(38)36-42)46-33-28-40(29-34-46)43-30-35-52-50(37-43)49-22-12-13-23-51(49)54(52,47-18-6-2-7-19-47)48-20-8-3-9-21-48/h1-37,55H;1-37H/q;+1. The molecule has 4 nitrogen and oxygen atoms in total. The van der Waals surface area contributed by atoms with E-state index >= 15 is 0 Å². The molecule has 4 heteroatoms. The second-order valence-electron chi connectivity index (χ2n) is 28.8. The zero-order valence-corrected chi connectivity index (χ0v) is 61.1. The molecule has 0 amide bonds. The van der Waals surface area contributed by atoms with Gasteiger partial charge in [-0.25, -0.2) is 0 Å². The number of hydrogen-bond acceptors (Lipinski definition) is 2. The van der Waals surface area contributed by atoms with Crippen LogP contribution in [0.2, 0.25) is 0 Å². The molecule has 19 aromatic rings. The van der Waals surface area contributed by atoms with E-state index in [4.69, 9.17) is 0 Å². The molecule has 21 rings (SSSR count). The van der Waals surface area contributed by atoms with Crippen LogP contribution >= 0.6 is 0 Å². The lowest BCUT2D eigenvalue weighted by molar-refractivity contribution is 0.721. The first-order valence-electron chi connectivity index (χ1n) is 38.3. The normalized spacial score (nSPS) is 12.8. The molecule has 0 saturated carbocycles. The fourth-order valence-corrected chi connectivity index (χ4v) is 17.4. The van der Waals surface area contributed by atoms with Crippen LogP contribution in [0.5, 0.6) is 0 Å².